The topological polar surface area (TPSA) is 84.9 Å². The fourth-order valence-electron chi connectivity index (χ4n) is 1.56. The maximum atomic E-state index is 12.0. The monoisotopic (exact) mass is 312 g/mol. The predicted octanol–water partition coefficient (Wildman–Crippen LogP) is 2.59. The fourth-order valence-corrected chi connectivity index (χ4v) is 1.56. The molecule has 0 aromatic carbocycles. The van der Waals surface area contributed by atoms with E-state index < -0.39 is 18.2 Å². The molecule has 0 aliphatic heterocycles. The summed E-state index contributed by atoms with van der Waals surface area (Å²) in [6, 6.07) is -0.559. The van der Waals surface area contributed by atoms with Gasteiger partial charge in [0.05, 0.1) is 19.3 Å². The lowest BCUT2D eigenvalue weighted by Gasteiger charge is -2.27. The molecule has 0 fully saturated rings. The SMILES string of the molecule is CC/C=C\C[C@H](/C=C/C=O)N(NC(=O)OCC)C(=O)OCC. The van der Waals surface area contributed by atoms with Crippen molar-refractivity contribution < 1.29 is 23.9 Å². The van der Waals surface area contributed by atoms with Gasteiger partial charge in [-0.05, 0) is 32.8 Å². The zero-order valence-electron chi connectivity index (χ0n) is 13.3. The van der Waals surface area contributed by atoms with Crippen LogP contribution in [0.25, 0.3) is 0 Å². The summed E-state index contributed by atoms with van der Waals surface area (Å²) in [4.78, 5) is 34.1. The molecule has 2 amide bonds. The highest BCUT2D eigenvalue weighted by atomic mass is 16.6. The molecule has 0 aliphatic rings. The molecule has 0 aliphatic carbocycles. The molecule has 22 heavy (non-hydrogen) atoms. The molecule has 0 bridgehead atoms. The maximum absolute atomic E-state index is 12.0. The van der Waals surface area contributed by atoms with Gasteiger partial charge in [0, 0.05) is 0 Å². The van der Waals surface area contributed by atoms with E-state index in [1.807, 2.05) is 19.1 Å². The van der Waals surface area contributed by atoms with Crippen LogP contribution in [0.1, 0.15) is 33.6 Å². The van der Waals surface area contributed by atoms with Gasteiger partial charge >= 0.3 is 12.2 Å². The Bertz CT molecular complexity index is 407. The van der Waals surface area contributed by atoms with E-state index in [2.05, 4.69) is 5.43 Å². The average Bonchev–Trinajstić information content (AvgIpc) is 2.49. The Morgan fingerprint density at radius 1 is 1.14 bits per heavy atom. The van der Waals surface area contributed by atoms with E-state index in [9.17, 15) is 14.4 Å². The molecule has 0 heterocycles. The second kappa shape index (κ2) is 12.4. The molecule has 0 unspecified atom stereocenters. The van der Waals surface area contributed by atoms with E-state index in [-0.39, 0.29) is 13.2 Å². The lowest BCUT2D eigenvalue weighted by Crippen LogP contribution is -2.51. The molecule has 1 atom stereocenters. The number of allylic oxidation sites excluding steroid dienone is 2. The highest BCUT2D eigenvalue weighted by molar-refractivity contribution is 5.74. The van der Waals surface area contributed by atoms with Crippen LogP contribution in [0.5, 0.6) is 0 Å². The molecule has 7 nitrogen and oxygen atoms in total. The number of ether oxygens (including phenoxy) is 2. The van der Waals surface area contributed by atoms with Crippen LogP contribution in [0, 0.1) is 0 Å². The molecular weight excluding hydrogens is 288 g/mol. The Labute approximate surface area is 130 Å². The highest BCUT2D eigenvalue weighted by Crippen LogP contribution is 2.08. The molecule has 0 saturated heterocycles. The molecule has 0 spiro atoms. The van der Waals surface area contributed by atoms with Crippen LogP contribution < -0.4 is 5.43 Å². The van der Waals surface area contributed by atoms with Gasteiger partial charge in [0.1, 0.15) is 6.29 Å². The largest absolute Gasteiger partial charge is 0.449 e. The molecular formula is C15H24N2O5. The van der Waals surface area contributed by atoms with E-state index >= 15 is 0 Å². The lowest BCUT2D eigenvalue weighted by molar-refractivity contribution is -0.104. The number of hydrazine groups is 1. The van der Waals surface area contributed by atoms with Crippen molar-refractivity contribution in [2.24, 2.45) is 0 Å². The molecule has 0 aromatic heterocycles. The fraction of sp³-hybridized carbons (Fsp3) is 0.533. The number of rotatable bonds is 8. The van der Waals surface area contributed by atoms with Gasteiger partial charge in [-0.1, -0.05) is 25.2 Å². The van der Waals surface area contributed by atoms with Crippen LogP contribution in [0.3, 0.4) is 0 Å². The second-order valence-electron chi connectivity index (χ2n) is 4.10. The van der Waals surface area contributed by atoms with Crippen molar-refractivity contribution >= 4 is 18.5 Å². The summed E-state index contributed by atoms with van der Waals surface area (Å²) in [6.45, 7) is 5.63. The number of amides is 2. The third-order valence-corrected chi connectivity index (χ3v) is 2.48. The summed E-state index contributed by atoms with van der Waals surface area (Å²) in [5.74, 6) is 0. The number of carbonyl (C=O) groups excluding carboxylic acids is 3. The predicted molar refractivity (Wildman–Crippen MR) is 82.1 cm³/mol. The van der Waals surface area contributed by atoms with Crippen molar-refractivity contribution in [1.82, 2.24) is 10.4 Å². The van der Waals surface area contributed by atoms with Crippen LogP contribution in [0.4, 0.5) is 9.59 Å². The number of carbonyl (C=O) groups is 3. The highest BCUT2D eigenvalue weighted by Gasteiger charge is 2.24. The first-order chi connectivity index (χ1) is 10.6. The van der Waals surface area contributed by atoms with Gasteiger partial charge in [-0.3, -0.25) is 4.79 Å². The molecule has 0 aromatic rings. The van der Waals surface area contributed by atoms with Crippen molar-refractivity contribution in [2.45, 2.75) is 39.7 Å². The van der Waals surface area contributed by atoms with Crippen LogP contribution in [0.15, 0.2) is 24.3 Å². The van der Waals surface area contributed by atoms with Gasteiger partial charge in [-0.2, -0.15) is 0 Å². The minimum absolute atomic E-state index is 0.161. The van der Waals surface area contributed by atoms with E-state index in [0.717, 1.165) is 11.4 Å². The standard InChI is InChI=1S/C15H24N2O5/c1-4-7-8-10-13(11-9-12-18)17(15(20)22-6-3)16-14(19)21-5-2/h7-9,11-13H,4-6,10H2,1-3H3,(H,16,19)/b8-7-,11-9+/t13-/m1/s1. The van der Waals surface area contributed by atoms with Crippen molar-refractivity contribution in [2.75, 3.05) is 13.2 Å². The van der Waals surface area contributed by atoms with Gasteiger partial charge in [0.2, 0.25) is 0 Å². The summed E-state index contributed by atoms with van der Waals surface area (Å²) in [5, 5.41) is 1.02. The zero-order valence-corrected chi connectivity index (χ0v) is 13.3. The second-order valence-corrected chi connectivity index (χ2v) is 4.10. The summed E-state index contributed by atoms with van der Waals surface area (Å²) >= 11 is 0. The average molecular weight is 312 g/mol. The Morgan fingerprint density at radius 3 is 2.36 bits per heavy atom. The summed E-state index contributed by atoms with van der Waals surface area (Å²) in [6.07, 6.45) is 6.94. The molecule has 0 saturated carbocycles. The van der Waals surface area contributed by atoms with Crippen LogP contribution in [0.2, 0.25) is 0 Å². The van der Waals surface area contributed by atoms with Crippen molar-refractivity contribution in [3.8, 4) is 0 Å². The smallest absolute Gasteiger partial charge is 0.429 e. The summed E-state index contributed by atoms with van der Waals surface area (Å²) in [5.41, 5.74) is 2.33. The van der Waals surface area contributed by atoms with Gasteiger partial charge in [-0.25, -0.2) is 20.0 Å². The minimum Gasteiger partial charge on any atom is -0.449 e. The van der Waals surface area contributed by atoms with Crippen LogP contribution in [-0.4, -0.2) is 42.7 Å². The molecule has 7 heteroatoms. The van der Waals surface area contributed by atoms with Gasteiger partial charge < -0.3 is 9.47 Å². The first kappa shape index (κ1) is 19.7. The Kier molecular flexibility index (Phi) is 11.1. The molecule has 0 rings (SSSR count). The first-order valence-electron chi connectivity index (χ1n) is 7.26. The van der Waals surface area contributed by atoms with E-state index in [4.69, 9.17) is 9.47 Å². The minimum atomic E-state index is -0.764. The van der Waals surface area contributed by atoms with Crippen molar-refractivity contribution in [3.63, 3.8) is 0 Å². The number of aldehydes is 1. The maximum Gasteiger partial charge on any atom is 0.429 e. The first-order valence-corrected chi connectivity index (χ1v) is 7.26. The Morgan fingerprint density at radius 2 is 1.82 bits per heavy atom. The molecule has 124 valence electrons. The van der Waals surface area contributed by atoms with Crippen molar-refractivity contribution in [1.29, 1.82) is 0 Å². The van der Waals surface area contributed by atoms with Gasteiger partial charge in [0.15, 0.2) is 0 Å². The van der Waals surface area contributed by atoms with Gasteiger partial charge in [-0.15, -0.1) is 0 Å². The normalized spacial score (nSPS) is 12.1. The van der Waals surface area contributed by atoms with E-state index in [0.29, 0.717) is 12.7 Å². The Hall–Kier alpha value is -2.31. The quantitative estimate of drug-likeness (QED) is 0.322. The number of nitrogens with one attached hydrogen (secondary N) is 1. The van der Waals surface area contributed by atoms with E-state index in [1.54, 1.807) is 13.8 Å². The van der Waals surface area contributed by atoms with Crippen LogP contribution in [-0.2, 0) is 14.3 Å². The lowest BCUT2D eigenvalue weighted by atomic mass is 10.1. The molecule has 0 radical (unpaired) electrons. The molecule has 1 N–H and O–H groups in total. The third kappa shape index (κ3) is 8.08. The number of hydrogen-bond donors (Lipinski definition) is 1. The number of hydrogen-bond acceptors (Lipinski definition) is 5. The third-order valence-electron chi connectivity index (χ3n) is 2.48. The number of nitrogens with zero attached hydrogens (tertiary/aromatic N) is 1. The zero-order chi connectivity index (χ0) is 16.8. The van der Waals surface area contributed by atoms with Crippen LogP contribution >= 0.6 is 0 Å². The Balaban J connectivity index is 5.17. The van der Waals surface area contributed by atoms with Gasteiger partial charge in [0.25, 0.3) is 0 Å². The summed E-state index contributed by atoms with van der Waals surface area (Å²) in [7, 11) is 0. The van der Waals surface area contributed by atoms with Crippen molar-refractivity contribution in [3.05, 3.63) is 24.3 Å². The van der Waals surface area contributed by atoms with E-state index in [1.165, 1.54) is 12.2 Å². The summed E-state index contributed by atoms with van der Waals surface area (Å²) < 4.78 is 9.69.